The molecule has 0 aliphatic heterocycles. The molecular weight excluding hydrogens is 274 g/mol. The van der Waals surface area contributed by atoms with E-state index in [9.17, 15) is 9.90 Å². The van der Waals surface area contributed by atoms with Crippen molar-refractivity contribution >= 4 is 17.5 Å². The summed E-state index contributed by atoms with van der Waals surface area (Å²) in [6.07, 6.45) is 2.89. The molecule has 4 heteroatoms. The highest BCUT2D eigenvalue weighted by Gasteiger charge is 2.26. The van der Waals surface area contributed by atoms with Gasteiger partial charge >= 0.3 is 0 Å². The largest absolute Gasteiger partial charge is 0.396 e. The fourth-order valence-electron chi connectivity index (χ4n) is 2.34. The molecule has 0 heterocycles. The number of rotatable bonds is 8. The van der Waals surface area contributed by atoms with Crippen LogP contribution in [0.15, 0.2) is 24.3 Å². The van der Waals surface area contributed by atoms with Crippen LogP contribution in [-0.4, -0.2) is 24.2 Å². The molecule has 1 aromatic rings. The van der Waals surface area contributed by atoms with E-state index in [2.05, 4.69) is 19.2 Å². The number of hydrogen-bond donors (Lipinski definition) is 2. The highest BCUT2D eigenvalue weighted by atomic mass is 35.5. The maximum absolute atomic E-state index is 12.0. The van der Waals surface area contributed by atoms with E-state index in [0.717, 1.165) is 18.4 Å². The Kier molecular flexibility index (Phi) is 7.03. The monoisotopic (exact) mass is 297 g/mol. The summed E-state index contributed by atoms with van der Waals surface area (Å²) < 4.78 is 0. The Morgan fingerprint density at radius 2 is 1.95 bits per heavy atom. The molecule has 1 amide bonds. The van der Waals surface area contributed by atoms with Crippen molar-refractivity contribution in [2.75, 3.05) is 13.2 Å². The highest BCUT2D eigenvalue weighted by molar-refractivity contribution is 6.31. The number of amides is 1. The second kappa shape index (κ2) is 8.28. The van der Waals surface area contributed by atoms with Gasteiger partial charge in [0.15, 0.2) is 0 Å². The molecule has 0 atom stereocenters. The van der Waals surface area contributed by atoms with Gasteiger partial charge in [0.25, 0.3) is 0 Å². The van der Waals surface area contributed by atoms with E-state index in [1.54, 1.807) is 6.07 Å². The maximum atomic E-state index is 12.0. The molecule has 1 rings (SSSR count). The van der Waals surface area contributed by atoms with E-state index in [1.807, 2.05) is 18.2 Å². The summed E-state index contributed by atoms with van der Waals surface area (Å²) in [5, 5.41) is 12.8. The molecule has 0 saturated carbocycles. The standard InChI is InChI=1S/C16H24ClNO2/c1-3-16(4-2,9-10-19)12-18-15(20)11-13-7-5-6-8-14(13)17/h5-8,19H,3-4,9-12H2,1-2H3,(H,18,20). The van der Waals surface area contributed by atoms with Gasteiger partial charge in [0.1, 0.15) is 0 Å². The third-order valence-electron chi connectivity index (χ3n) is 4.11. The topological polar surface area (TPSA) is 49.3 Å². The molecule has 0 bridgehead atoms. The van der Waals surface area contributed by atoms with E-state index < -0.39 is 0 Å². The lowest BCUT2D eigenvalue weighted by molar-refractivity contribution is -0.121. The zero-order valence-corrected chi connectivity index (χ0v) is 13.0. The maximum Gasteiger partial charge on any atom is 0.224 e. The predicted octanol–water partition coefficient (Wildman–Crippen LogP) is 3.19. The number of aliphatic hydroxyl groups is 1. The van der Waals surface area contributed by atoms with Crippen molar-refractivity contribution in [3.8, 4) is 0 Å². The Balaban J connectivity index is 2.56. The molecule has 0 unspecified atom stereocenters. The van der Waals surface area contributed by atoms with Crippen LogP contribution in [0.3, 0.4) is 0 Å². The molecule has 2 N–H and O–H groups in total. The molecule has 0 saturated heterocycles. The first kappa shape index (κ1) is 17.0. The quantitative estimate of drug-likeness (QED) is 0.774. The Labute approximate surface area is 126 Å². The second-order valence-corrected chi connectivity index (χ2v) is 5.63. The lowest BCUT2D eigenvalue weighted by Gasteiger charge is -2.31. The summed E-state index contributed by atoms with van der Waals surface area (Å²) in [6, 6.07) is 7.38. The van der Waals surface area contributed by atoms with Crippen molar-refractivity contribution in [1.29, 1.82) is 0 Å². The van der Waals surface area contributed by atoms with Crippen molar-refractivity contribution in [2.24, 2.45) is 5.41 Å². The first-order valence-corrected chi connectivity index (χ1v) is 7.55. The average molecular weight is 298 g/mol. The third-order valence-corrected chi connectivity index (χ3v) is 4.48. The Morgan fingerprint density at radius 1 is 1.30 bits per heavy atom. The second-order valence-electron chi connectivity index (χ2n) is 5.23. The number of carbonyl (C=O) groups is 1. The number of carbonyl (C=O) groups excluding carboxylic acids is 1. The summed E-state index contributed by atoms with van der Waals surface area (Å²) in [7, 11) is 0. The minimum Gasteiger partial charge on any atom is -0.396 e. The summed E-state index contributed by atoms with van der Waals surface area (Å²) in [6.45, 7) is 4.95. The van der Waals surface area contributed by atoms with Gasteiger partial charge in [0.05, 0.1) is 6.42 Å². The first-order chi connectivity index (χ1) is 9.56. The van der Waals surface area contributed by atoms with Crippen LogP contribution in [0.1, 0.15) is 38.7 Å². The smallest absolute Gasteiger partial charge is 0.224 e. The zero-order valence-electron chi connectivity index (χ0n) is 12.3. The van der Waals surface area contributed by atoms with Gasteiger partial charge in [-0.2, -0.15) is 0 Å². The van der Waals surface area contributed by atoms with Gasteiger partial charge in [-0.05, 0) is 36.3 Å². The highest BCUT2D eigenvalue weighted by Crippen LogP contribution is 2.29. The van der Waals surface area contributed by atoms with Crippen LogP contribution in [0, 0.1) is 5.41 Å². The van der Waals surface area contributed by atoms with Crippen LogP contribution in [0.4, 0.5) is 0 Å². The Bertz CT molecular complexity index is 430. The van der Waals surface area contributed by atoms with Crippen molar-refractivity contribution in [1.82, 2.24) is 5.32 Å². The Morgan fingerprint density at radius 3 is 2.50 bits per heavy atom. The molecule has 0 aliphatic rings. The number of halogens is 1. The van der Waals surface area contributed by atoms with Gasteiger partial charge in [-0.25, -0.2) is 0 Å². The summed E-state index contributed by atoms with van der Waals surface area (Å²) in [5.41, 5.74) is 0.831. The van der Waals surface area contributed by atoms with Crippen molar-refractivity contribution in [3.63, 3.8) is 0 Å². The third kappa shape index (κ3) is 4.80. The van der Waals surface area contributed by atoms with Gasteiger partial charge in [-0.15, -0.1) is 0 Å². The van der Waals surface area contributed by atoms with Crippen molar-refractivity contribution in [2.45, 2.75) is 39.5 Å². The number of benzene rings is 1. The van der Waals surface area contributed by atoms with E-state index in [4.69, 9.17) is 11.6 Å². The minimum atomic E-state index is -0.0256. The van der Waals surface area contributed by atoms with Crippen molar-refractivity contribution < 1.29 is 9.90 Å². The Hall–Kier alpha value is -1.06. The molecule has 0 aliphatic carbocycles. The summed E-state index contributed by atoms with van der Waals surface area (Å²) >= 11 is 6.05. The van der Waals surface area contributed by atoms with E-state index in [1.165, 1.54) is 0 Å². The molecule has 0 aromatic heterocycles. The van der Waals surface area contributed by atoms with Crippen LogP contribution < -0.4 is 5.32 Å². The molecule has 20 heavy (non-hydrogen) atoms. The molecule has 112 valence electrons. The van der Waals surface area contributed by atoms with Crippen LogP contribution in [0.2, 0.25) is 5.02 Å². The van der Waals surface area contributed by atoms with Gasteiger partial charge in [0, 0.05) is 18.2 Å². The van der Waals surface area contributed by atoms with Gasteiger partial charge < -0.3 is 10.4 Å². The van der Waals surface area contributed by atoms with Crippen LogP contribution in [-0.2, 0) is 11.2 Å². The van der Waals surface area contributed by atoms with Gasteiger partial charge in [0.2, 0.25) is 5.91 Å². The normalized spacial score (nSPS) is 11.4. The molecule has 0 spiro atoms. The van der Waals surface area contributed by atoms with Gasteiger partial charge in [-0.3, -0.25) is 4.79 Å². The fraction of sp³-hybridized carbons (Fsp3) is 0.562. The number of aliphatic hydroxyl groups excluding tert-OH is 1. The first-order valence-electron chi connectivity index (χ1n) is 7.18. The van der Waals surface area contributed by atoms with E-state index in [0.29, 0.717) is 24.4 Å². The number of nitrogens with one attached hydrogen (secondary N) is 1. The van der Waals surface area contributed by atoms with Gasteiger partial charge in [-0.1, -0.05) is 43.6 Å². The van der Waals surface area contributed by atoms with Crippen molar-refractivity contribution in [3.05, 3.63) is 34.9 Å². The van der Waals surface area contributed by atoms with Crippen LogP contribution in [0.25, 0.3) is 0 Å². The summed E-state index contributed by atoms with van der Waals surface area (Å²) in [5.74, 6) is -0.0256. The lowest BCUT2D eigenvalue weighted by atomic mass is 9.79. The molecule has 1 aromatic carbocycles. The zero-order chi connectivity index (χ0) is 15.0. The number of hydrogen-bond acceptors (Lipinski definition) is 2. The molecule has 0 radical (unpaired) electrons. The fourth-order valence-corrected chi connectivity index (χ4v) is 2.54. The minimum absolute atomic E-state index is 0.00904. The van der Waals surface area contributed by atoms with Crippen LogP contribution >= 0.6 is 11.6 Å². The van der Waals surface area contributed by atoms with E-state index in [-0.39, 0.29) is 17.9 Å². The summed E-state index contributed by atoms with van der Waals surface area (Å²) in [4.78, 5) is 12.0. The van der Waals surface area contributed by atoms with E-state index >= 15 is 0 Å². The average Bonchev–Trinajstić information content (AvgIpc) is 2.46. The molecule has 3 nitrogen and oxygen atoms in total. The SMILES string of the molecule is CCC(CC)(CCO)CNC(=O)Cc1ccccc1Cl. The van der Waals surface area contributed by atoms with Crippen LogP contribution in [0.5, 0.6) is 0 Å². The molecular formula is C16H24ClNO2. The lowest BCUT2D eigenvalue weighted by Crippen LogP contribution is -2.38. The molecule has 0 fully saturated rings. The predicted molar refractivity (Wildman–Crippen MR) is 82.9 cm³/mol.